The van der Waals surface area contributed by atoms with Crippen LogP contribution in [-0.2, 0) is 29.0 Å². The van der Waals surface area contributed by atoms with E-state index in [4.69, 9.17) is 19.2 Å². The first-order chi connectivity index (χ1) is 24.9. The molecule has 0 aliphatic heterocycles. The summed E-state index contributed by atoms with van der Waals surface area (Å²) in [5.74, 6) is -0.560. The Hall–Kier alpha value is -5.64. The molecule has 0 N–H and O–H groups in total. The summed E-state index contributed by atoms with van der Waals surface area (Å²) >= 11 is 0. The van der Waals surface area contributed by atoms with Gasteiger partial charge < -0.3 is 9.47 Å². The van der Waals surface area contributed by atoms with Crippen molar-refractivity contribution in [2.24, 2.45) is 11.8 Å². The van der Waals surface area contributed by atoms with Gasteiger partial charge in [0.2, 0.25) is 0 Å². The van der Waals surface area contributed by atoms with Gasteiger partial charge in [-0.15, -0.1) is 0 Å². The molecular formula is C41H40O10. The molecular weight excluding hydrogens is 652 g/mol. The van der Waals surface area contributed by atoms with Gasteiger partial charge >= 0.3 is 24.2 Å². The van der Waals surface area contributed by atoms with Crippen LogP contribution in [0.2, 0.25) is 0 Å². The van der Waals surface area contributed by atoms with E-state index < -0.39 is 24.2 Å². The van der Waals surface area contributed by atoms with E-state index in [-0.39, 0.29) is 23.3 Å². The zero-order valence-electron chi connectivity index (χ0n) is 28.1. The lowest BCUT2D eigenvalue weighted by atomic mass is 9.76. The van der Waals surface area contributed by atoms with Gasteiger partial charge in [0.15, 0.2) is 0 Å². The van der Waals surface area contributed by atoms with Crippen LogP contribution >= 0.6 is 0 Å². The number of carbonyl (C=O) groups excluding carboxylic acids is 4. The summed E-state index contributed by atoms with van der Waals surface area (Å²) in [6, 6.07) is 33.0. The van der Waals surface area contributed by atoms with Gasteiger partial charge in [0.1, 0.15) is 12.2 Å². The summed E-state index contributed by atoms with van der Waals surface area (Å²) in [5, 5.41) is 0. The molecule has 4 aromatic rings. The Labute approximate surface area is 296 Å². The average molecular weight is 693 g/mol. The second kappa shape index (κ2) is 17.3. The maximum absolute atomic E-state index is 12.5. The van der Waals surface area contributed by atoms with E-state index in [0.29, 0.717) is 37.5 Å². The van der Waals surface area contributed by atoms with Gasteiger partial charge in [0.25, 0.3) is 0 Å². The maximum Gasteiger partial charge on any atom is 0.550 e. The van der Waals surface area contributed by atoms with Crippen LogP contribution in [0, 0.1) is 11.8 Å². The van der Waals surface area contributed by atoms with Crippen molar-refractivity contribution in [1.29, 1.82) is 0 Å². The standard InChI is InChI=1S/C41H40O10/c42-38(34-15-7-13-32(26-34)30-9-3-1-4-10-30)48-50-40(44)46-36-21-17-28(18-22-36)25-29-19-23-37(24-20-29)47-41(45)51-49-39(43)35-16-8-14-33(27-35)31-11-5-2-6-12-31/h1-16,26-29,36-37H,17-25H2. The van der Waals surface area contributed by atoms with Crippen LogP contribution < -0.4 is 0 Å². The van der Waals surface area contributed by atoms with Crippen LogP contribution in [-0.4, -0.2) is 36.5 Å². The van der Waals surface area contributed by atoms with E-state index in [1.54, 1.807) is 36.4 Å². The monoisotopic (exact) mass is 692 g/mol. The molecule has 4 aromatic carbocycles. The van der Waals surface area contributed by atoms with Crippen LogP contribution in [0.1, 0.15) is 78.5 Å². The number of carbonyl (C=O) groups is 4. The molecule has 0 aromatic heterocycles. The fraction of sp³-hybridized carbons (Fsp3) is 0.317. The highest BCUT2D eigenvalue weighted by Crippen LogP contribution is 2.37. The molecule has 2 aliphatic rings. The Morgan fingerprint density at radius 1 is 0.431 bits per heavy atom. The lowest BCUT2D eigenvalue weighted by Gasteiger charge is -2.33. The zero-order valence-corrected chi connectivity index (χ0v) is 28.1. The molecule has 2 fully saturated rings. The van der Waals surface area contributed by atoms with Crippen molar-refractivity contribution in [2.45, 2.75) is 70.0 Å². The highest BCUT2D eigenvalue weighted by molar-refractivity contribution is 5.91. The number of hydrogen-bond donors (Lipinski definition) is 0. The first-order valence-electron chi connectivity index (χ1n) is 17.4. The van der Waals surface area contributed by atoms with Gasteiger partial charge in [0.05, 0.1) is 11.1 Å². The molecule has 0 amide bonds. The van der Waals surface area contributed by atoms with Crippen molar-refractivity contribution in [2.75, 3.05) is 0 Å². The summed E-state index contributed by atoms with van der Waals surface area (Å²) in [7, 11) is 0. The van der Waals surface area contributed by atoms with Crippen molar-refractivity contribution in [3.8, 4) is 22.3 Å². The number of hydrogen-bond acceptors (Lipinski definition) is 10. The third kappa shape index (κ3) is 10.2. The van der Waals surface area contributed by atoms with E-state index in [2.05, 4.69) is 9.78 Å². The lowest BCUT2D eigenvalue weighted by molar-refractivity contribution is -0.208. The fourth-order valence-corrected chi connectivity index (χ4v) is 6.91. The molecule has 6 rings (SSSR count). The largest absolute Gasteiger partial charge is 0.550 e. The van der Waals surface area contributed by atoms with E-state index >= 15 is 0 Å². The van der Waals surface area contributed by atoms with Crippen LogP contribution in [0.3, 0.4) is 0 Å². The quantitative estimate of drug-likeness (QED) is 0.100. The van der Waals surface area contributed by atoms with Crippen molar-refractivity contribution in [1.82, 2.24) is 0 Å². The third-order valence-electron chi connectivity index (χ3n) is 9.56. The third-order valence-corrected chi connectivity index (χ3v) is 9.56. The minimum atomic E-state index is -1.03. The molecule has 0 unspecified atom stereocenters. The number of ether oxygens (including phenoxy) is 2. The molecule has 0 atom stereocenters. The van der Waals surface area contributed by atoms with Crippen LogP contribution in [0.5, 0.6) is 0 Å². The fourth-order valence-electron chi connectivity index (χ4n) is 6.91. The first kappa shape index (κ1) is 35.2. The summed E-state index contributed by atoms with van der Waals surface area (Å²) in [4.78, 5) is 68.3. The Balaban J connectivity index is 0.839. The minimum Gasteiger partial charge on any atom is -0.428 e. The smallest absolute Gasteiger partial charge is 0.428 e. The van der Waals surface area contributed by atoms with Gasteiger partial charge in [-0.05, 0) is 116 Å². The van der Waals surface area contributed by atoms with Gasteiger partial charge in [-0.3, -0.25) is 0 Å². The molecule has 2 saturated carbocycles. The summed E-state index contributed by atoms with van der Waals surface area (Å²) < 4.78 is 10.8. The lowest BCUT2D eigenvalue weighted by Crippen LogP contribution is -2.28. The van der Waals surface area contributed by atoms with Crippen molar-refractivity contribution >= 4 is 24.2 Å². The van der Waals surface area contributed by atoms with Gasteiger partial charge in [-0.1, -0.05) is 84.9 Å². The Bertz CT molecular complexity index is 1640. The first-order valence-corrected chi connectivity index (χ1v) is 17.4. The predicted octanol–water partition coefficient (Wildman–Crippen LogP) is 9.68. The van der Waals surface area contributed by atoms with Crippen LogP contribution in [0.15, 0.2) is 109 Å². The van der Waals surface area contributed by atoms with E-state index in [9.17, 15) is 19.2 Å². The molecule has 264 valence electrons. The maximum atomic E-state index is 12.5. The highest BCUT2D eigenvalue weighted by Gasteiger charge is 2.30. The van der Waals surface area contributed by atoms with Crippen LogP contribution in [0.25, 0.3) is 22.3 Å². The molecule has 2 aliphatic carbocycles. The number of benzene rings is 4. The van der Waals surface area contributed by atoms with E-state index in [1.165, 1.54) is 0 Å². The Morgan fingerprint density at radius 2 is 0.804 bits per heavy atom. The Morgan fingerprint density at radius 3 is 1.20 bits per heavy atom. The van der Waals surface area contributed by atoms with Crippen molar-refractivity contribution < 1.29 is 48.2 Å². The van der Waals surface area contributed by atoms with E-state index in [0.717, 1.165) is 54.4 Å². The van der Waals surface area contributed by atoms with Crippen LogP contribution in [0.4, 0.5) is 9.59 Å². The molecule has 0 saturated heterocycles. The molecule has 0 radical (unpaired) electrons. The molecule has 0 bridgehead atoms. The van der Waals surface area contributed by atoms with Gasteiger partial charge in [0, 0.05) is 0 Å². The average Bonchev–Trinajstić information content (AvgIpc) is 3.18. The minimum absolute atomic E-state index is 0.257. The molecule has 51 heavy (non-hydrogen) atoms. The summed E-state index contributed by atoms with van der Waals surface area (Å²) in [6.07, 6.45) is 4.82. The summed E-state index contributed by atoms with van der Waals surface area (Å²) in [6.45, 7) is 0. The molecule has 0 spiro atoms. The van der Waals surface area contributed by atoms with Gasteiger partial charge in [-0.2, -0.15) is 9.59 Å². The highest BCUT2D eigenvalue weighted by atomic mass is 17.2. The molecule has 10 heteroatoms. The van der Waals surface area contributed by atoms with Gasteiger partial charge in [-0.25, -0.2) is 29.1 Å². The zero-order chi connectivity index (χ0) is 35.4. The Kier molecular flexibility index (Phi) is 12.0. The topological polar surface area (TPSA) is 124 Å². The normalized spacial score (nSPS) is 19.9. The predicted molar refractivity (Wildman–Crippen MR) is 186 cm³/mol. The van der Waals surface area contributed by atoms with Crippen molar-refractivity contribution in [3.63, 3.8) is 0 Å². The molecule has 0 heterocycles. The molecule has 10 nitrogen and oxygen atoms in total. The van der Waals surface area contributed by atoms with Crippen molar-refractivity contribution in [3.05, 3.63) is 120 Å². The summed E-state index contributed by atoms with van der Waals surface area (Å²) in [5.41, 5.74) is 4.09. The SMILES string of the molecule is O=C(OOC(=O)c1cccc(-c2ccccc2)c1)OC1CCC(CC2CCC(OC(=O)OOC(=O)c3cccc(-c4ccccc4)c3)CC2)CC1. The second-order valence-electron chi connectivity index (χ2n) is 13.1. The van der Waals surface area contributed by atoms with E-state index in [1.807, 2.05) is 72.8 Å². The number of rotatable bonds is 8. The second-order valence-corrected chi connectivity index (χ2v) is 13.1.